The van der Waals surface area contributed by atoms with Gasteiger partial charge in [0.1, 0.15) is 16.1 Å². The summed E-state index contributed by atoms with van der Waals surface area (Å²) < 4.78 is 12.7. The van der Waals surface area contributed by atoms with Gasteiger partial charge < -0.3 is 14.0 Å². The lowest BCUT2D eigenvalue weighted by molar-refractivity contribution is 0.0524. The quantitative estimate of drug-likeness (QED) is 0.164. The molecule has 0 amide bonds. The Labute approximate surface area is 250 Å². The van der Waals surface area contributed by atoms with Crippen molar-refractivity contribution in [1.29, 1.82) is 0 Å². The van der Waals surface area contributed by atoms with Crippen LogP contribution in [0.4, 0.5) is 0 Å². The average Bonchev–Trinajstić information content (AvgIpc) is 3.35. The van der Waals surface area contributed by atoms with Crippen LogP contribution in [0.25, 0.3) is 20.7 Å². The molecule has 5 rings (SSSR count). The fourth-order valence-electron chi connectivity index (χ4n) is 4.90. The molecule has 41 heavy (non-hydrogen) atoms. The van der Waals surface area contributed by atoms with E-state index in [0.717, 1.165) is 38.7 Å². The highest BCUT2D eigenvalue weighted by molar-refractivity contribution is 7.22. The molecule has 0 aliphatic heterocycles. The maximum Gasteiger partial charge on any atom is 0.343 e. The lowest BCUT2D eigenvalue weighted by Crippen LogP contribution is -2.23. The molecular weight excluding hydrogens is 556 g/mol. The van der Waals surface area contributed by atoms with E-state index in [1.165, 1.54) is 5.56 Å². The first-order chi connectivity index (χ1) is 19.5. The number of esters is 1. The van der Waals surface area contributed by atoms with Gasteiger partial charge in [-0.15, -0.1) is 23.7 Å². The maximum absolute atomic E-state index is 14.0. The van der Waals surface area contributed by atoms with Crippen LogP contribution in [0.5, 0.6) is 5.75 Å². The minimum Gasteiger partial charge on any atom is -0.497 e. The summed E-state index contributed by atoms with van der Waals surface area (Å²) in [5, 5.41) is 0.567. The normalized spacial score (nSPS) is 10.9. The first kappa shape index (κ1) is 30.1. The van der Waals surface area contributed by atoms with Crippen molar-refractivity contribution in [2.45, 2.75) is 26.6 Å². The zero-order chi connectivity index (χ0) is 28.1. The van der Waals surface area contributed by atoms with Crippen LogP contribution in [0.2, 0.25) is 0 Å². The molecule has 212 valence electrons. The Balaban J connectivity index is 0.00000387. The number of methoxy groups -OCH3 is 1. The molecule has 3 aromatic carbocycles. The van der Waals surface area contributed by atoms with Crippen LogP contribution >= 0.6 is 23.7 Å². The molecule has 2 aromatic heterocycles. The molecule has 0 radical (unpaired) electrons. The zero-order valence-electron chi connectivity index (χ0n) is 23.3. The fraction of sp³-hybridized carbons (Fsp3) is 0.212. The first-order valence-electron chi connectivity index (χ1n) is 13.2. The van der Waals surface area contributed by atoms with Gasteiger partial charge in [0, 0.05) is 30.7 Å². The van der Waals surface area contributed by atoms with Crippen LogP contribution in [0.15, 0.2) is 95.9 Å². The van der Waals surface area contributed by atoms with E-state index in [-0.39, 0.29) is 30.0 Å². The third kappa shape index (κ3) is 6.70. The number of halogens is 1. The van der Waals surface area contributed by atoms with Gasteiger partial charge >= 0.3 is 5.97 Å². The van der Waals surface area contributed by atoms with Gasteiger partial charge in [0.2, 0.25) is 5.43 Å². The van der Waals surface area contributed by atoms with Crippen molar-refractivity contribution in [2.75, 3.05) is 20.8 Å². The molecule has 6 nitrogen and oxygen atoms in total. The first-order valence-corrected chi connectivity index (χ1v) is 14.1. The number of benzene rings is 3. The van der Waals surface area contributed by atoms with E-state index in [2.05, 4.69) is 17.0 Å². The zero-order valence-corrected chi connectivity index (χ0v) is 25.0. The van der Waals surface area contributed by atoms with Crippen LogP contribution in [-0.2, 0) is 24.4 Å². The van der Waals surface area contributed by atoms with E-state index < -0.39 is 5.97 Å². The summed E-state index contributed by atoms with van der Waals surface area (Å²) in [6.45, 7) is 3.71. The average molecular weight is 589 g/mol. The maximum atomic E-state index is 14.0. The Morgan fingerprint density at radius 1 is 0.902 bits per heavy atom. The van der Waals surface area contributed by atoms with Gasteiger partial charge in [-0.3, -0.25) is 9.69 Å². The number of thiophene rings is 1. The Bertz CT molecular complexity index is 1670. The fourth-order valence-corrected chi connectivity index (χ4v) is 6.18. The van der Waals surface area contributed by atoms with Gasteiger partial charge in [-0.2, -0.15) is 0 Å². The van der Waals surface area contributed by atoms with Crippen LogP contribution in [-0.4, -0.2) is 36.2 Å². The van der Waals surface area contributed by atoms with E-state index in [1.54, 1.807) is 31.6 Å². The largest absolute Gasteiger partial charge is 0.497 e. The highest BCUT2D eigenvalue weighted by Crippen LogP contribution is 2.39. The molecular formula is C33H33ClN2O4S. The summed E-state index contributed by atoms with van der Waals surface area (Å²) in [5.74, 6) is 0.165. The Kier molecular flexibility index (Phi) is 10.00. The van der Waals surface area contributed by atoms with Gasteiger partial charge in [-0.05, 0) is 60.5 Å². The molecule has 0 saturated heterocycles. The van der Waals surface area contributed by atoms with Crippen molar-refractivity contribution in [1.82, 2.24) is 9.47 Å². The van der Waals surface area contributed by atoms with E-state index in [0.29, 0.717) is 18.5 Å². The van der Waals surface area contributed by atoms with E-state index >= 15 is 0 Å². The highest BCUT2D eigenvalue weighted by Gasteiger charge is 2.25. The number of rotatable bonds is 10. The SMILES string of the molecule is CCOC(=O)c1cn(Cc2ccccc2)c2sc(-c3ccc(OC)cc3)c(CN(C)Cc3ccccc3)c2c1=O.Cl. The monoisotopic (exact) mass is 588 g/mol. The van der Waals surface area contributed by atoms with E-state index in [9.17, 15) is 9.59 Å². The van der Waals surface area contributed by atoms with E-state index in [1.807, 2.05) is 84.4 Å². The molecule has 0 unspecified atom stereocenters. The molecule has 0 aliphatic rings. The Morgan fingerprint density at radius 2 is 1.54 bits per heavy atom. The third-order valence-corrected chi connectivity index (χ3v) is 8.09. The smallest absolute Gasteiger partial charge is 0.343 e. The number of fused-ring (bicyclic) bond motifs is 1. The summed E-state index contributed by atoms with van der Waals surface area (Å²) in [5.41, 5.74) is 3.91. The summed E-state index contributed by atoms with van der Waals surface area (Å²) >= 11 is 1.58. The lowest BCUT2D eigenvalue weighted by atomic mass is 10.0. The predicted molar refractivity (Wildman–Crippen MR) is 168 cm³/mol. The number of aromatic nitrogens is 1. The number of nitrogens with zero attached hydrogens (tertiary/aromatic N) is 2. The highest BCUT2D eigenvalue weighted by atomic mass is 35.5. The number of pyridine rings is 1. The minimum atomic E-state index is -0.600. The van der Waals surface area contributed by atoms with Crippen LogP contribution in [0.3, 0.4) is 0 Å². The second-order valence-corrected chi connectivity index (χ2v) is 10.7. The van der Waals surface area contributed by atoms with E-state index in [4.69, 9.17) is 9.47 Å². The summed E-state index contributed by atoms with van der Waals surface area (Å²) in [6.07, 6.45) is 1.65. The molecule has 0 N–H and O–H groups in total. The van der Waals surface area contributed by atoms with Crippen LogP contribution < -0.4 is 10.2 Å². The number of hydrogen-bond donors (Lipinski definition) is 0. The number of carbonyl (C=O) groups is 1. The summed E-state index contributed by atoms with van der Waals surface area (Å²) in [7, 11) is 3.69. The second-order valence-electron chi connectivity index (χ2n) is 9.68. The van der Waals surface area contributed by atoms with Gasteiger partial charge in [0.05, 0.1) is 19.1 Å². The molecule has 0 aliphatic carbocycles. The Morgan fingerprint density at radius 3 is 2.15 bits per heavy atom. The molecule has 0 fully saturated rings. The number of carbonyl (C=O) groups excluding carboxylic acids is 1. The summed E-state index contributed by atoms with van der Waals surface area (Å²) in [6, 6.07) is 28.2. The molecule has 2 heterocycles. The lowest BCUT2D eigenvalue weighted by Gasteiger charge is -2.18. The number of hydrogen-bond acceptors (Lipinski definition) is 6. The van der Waals surface area contributed by atoms with Gasteiger partial charge in [0.15, 0.2) is 0 Å². The molecule has 0 bridgehead atoms. The summed E-state index contributed by atoms with van der Waals surface area (Å²) in [4.78, 5) is 31.0. The van der Waals surface area contributed by atoms with Crippen LogP contribution in [0, 0.1) is 0 Å². The van der Waals surface area contributed by atoms with Gasteiger partial charge in [0.25, 0.3) is 0 Å². The van der Waals surface area contributed by atoms with Gasteiger partial charge in [-0.25, -0.2) is 4.79 Å². The molecule has 8 heteroatoms. The predicted octanol–water partition coefficient (Wildman–Crippen LogP) is 7.02. The number of ether oxygens (including phenoxy) is 2. The van der Waals surface area contributed by atoms with Crippen molar-refractivity contribution in [3.05, 3.63) is 124 Å². The van der Waals surface area contributed by atoms with Crippen molar-refractivity contribution in [3.63, 3.8) is 0 Å². The molecule has 5 aromatic rings. The van der Waals surface area contributed by atoms with Crippen molar-refractivity contribution < 1.29 is 14.3 Å². The molecule has 0 atom stereocenters. The second kappa shape index (κ2) is 13.6. The van der Waals surface area contributed by atoms with Crippen LogP contribution in [0.1, 0.15) is 34.0 Å². The molecule has 0 spiro atoms. The Hall–Kier alpha value is -3.91. The topological polar surface area (TPSA) is 60.8 Å². The van der Waals surface area contributed by atoms with Crippen molar-refractivity contribution in [3.8, 4) is 16.2 Å². The van der Waals surface area contributed by atoms with Crippen molar-refractivity contribution in [2.24, 2.45) is 0 Å². The molecule has 0 saturated carbocycles. The van der Waals surface area contributed by atoms with Gasteiger partial charge in [-0.1, -0.05) is 60.7 Å². The van der Waals surface area contributed by atoms with Crippen molar-refractivity contribution >= 4 is 39.9 Å². The standard InChI is InChI=1S/C33H32N2O4S.ClH/c1-4-39-33(37)28-22-35(20-24-13-9-6-10-14-24)32-29(30(28)36)27(21-34(2)19-23-11-7-5-8-12-23)31(40-32)25-15-17-26(38-3)18-16-25;/h5-18,22H,4,19-21H2,1-3H3;1H. The third-order valence-electron chi connectivity index (χ3n) is 6.77. The minimum absolute atomic E-state index is 0.